The van der Waals surface area contributed by atoms with Crippen LogP contribution in [0.2, 0.25) is 0 Å². The summed E-state index contributed by atoms with van der Waals surface area (Å²) < 4.78 is 0. The van der Waals surface area contributed by atoms with Gasteiger partial charge in [0.1, 0.15) is 12.0 Å². The van der Waals surface area contributed by atoms with Crippen LogP contribution in [0.25, 0.3) is 0 Å². The number of benzene rings is 1. The molecule has 0 N–H and O–H groups in total. The number of hydrogen-bond donors (Lipinski definition) is 0. The van der Waals surface area contributed by atoms with Gasteiger partial charge in [0.15, 0.2) is 0 Å². The third kappa shape index (κ3) is 2.98. The van der Waals surface area contributed by atoms with Crippen LogP contribution in [0.15, 0.2) is 18.2 Å². The Hall–Kier alpha value is -1.91. The van der Waals surface area contributed by atoms with Gasteiger partial charge in [-0.15, -0.1) is 0 Å². The first-order valence-electron chi connectivity index (χ1n) is 6.99. The molecule has 2 rings (SSSR count). The van der Waals surface area contributed by atoms with E-state index in [1.807, 2.05) is 11.9 Å². The van der Waals surface area contributed by atoms with Crippen molar-refractivity contribution in [2.75, 3.05) is 11.9 Å². The molecule has 0 heterocycles. The van der Waals surface area contributed by atoms with E-state index in [-0.39, 0.29) is 5.69 Å². The SMILES string of the molecule is CC1CCC(N(C)c2ccc(C=O)cc2[N+](=O)[O-])CC1. The lowest BCUT2D eigenvalue weighted by atomic mass is 9.86. The summed E-state index contributed by atoms with van der Waals surface area (Å²) in [4.78, 5) is 23.5. The van der Waals surface area contributed by atoms with Crippen molar-refractivity contribution in [1.82, 2.24) is 0 Å². The van der Waals surface area contributed by atoms with E-state index in [1.165, 1.54) is 6.07 Å². The Morgan fingerprint density at radius 2 is 1.95 bits per heavy atom. The summed E-state index contributed by atoms with van der Waals surface area (Å²) in [6.45, 7) is 2.25. The zero-order valence-corrected chi connectivity index (χ0v) is 11.9. The lowest BCUT2D eigenvalue weighted by molar-refractivity contribution is -0.384. The molecule has 5 heteroatoms. The molecule has 5 nitrogen and oxygen atoms in total. The van der Waals surface area contributed by atoms with Gasteiger partial charge in [0.2, 0.25) is 0 Å². The molecule has 1 aromatic rings. The number of nitro benzene ring substituents is 1. The molecule has 1 aromatic carbocycles. The van der Waals surface area contributed by atoms with Crippen molar-refractivity contribution in [2.24, 2.45) is 5.92 Å². The van der Waals surface area contributed by atoms with Crippen LogP contribution in [0.1, 0.15) is 43.0 Å². The van der Waals surface area contributed by atoms with E-state index in [4.69, 9.17) is 0 Å². The zero-order chi connectivity index (χ0) is 14.7. The Balaban J connectivity index is 2.26. The molecule has 0 unspecified atom stereocenters. The van der Waals surface area contributed by atoms with Crippen LogP contribution in [0.3, 0.4) is 0 Å². The maximum atomic E-state index is 11.2. The van der Waals surface area contributed by atoms with Crippen LogP contribution in [0.5, 0.6) is 0 Å². The van der Waals surface area contributed by atoms with Crippen molar-refractivity contribution in [2.45, 2.75) is 38.6 Å². The van der Waals surface area contributed by atoms with Crippen LogP contribution in [0, 0.1) is 16.0 Å². The first-order valence-corrected chi connectivity index (χ1v) is 6.99. The molecule has 0 amide bonds. The van der Waals surface area contributed by atoms with E-state index in [9.17, 15) is 14.9 Å². The lowest BCUT2D eigenvalue weighted by Crippen LogP contribution is -2.35. The smallest absolute Gasteiger partial charge is 0.293 e. The second kappa shape index (κ2) is 6.03. The van der Waals surface area contributed by atoms with E-state index in [0.717, 1.165) is 31.6 Å². The summed E-state index contributed by atoms with van der Waals surface area (Å²) in [6.07, 6.45) is 5.08. The number of nitrogens with zero attached hydrogens (tertiary/aromatic N) is 2. The van der Waals surface area contributed by atoms with Crippen molar-refractivity contribution in [3.05, 3.63) is 33.9 Å². The number of hydrogen-bond acceptors (Lipinski definition) is 4. The molecule has 0 radical (unpaired) electrons. The van der Waals surface area contributed by atoms with Gasteiger partial charge in [-0.3, -0.25) is 14.9 Å². The molecule has 0 aromatic heterocycles. The molecule has 0 saturated heterocycles. The third-order valence-corrected chi connectivity index (χ3v) is 4.25. The van der Waals surface area contributed by atoms with Gasteiger partial charge in [-0.1, -0.05) is 6.92 Å². The predicted molar refractivity (Wildman–Crippen MR) is 78.3 cm³/mol. The van der Waals surface area contributed by atoms with Gasteiger partial charge >= 0.3 is 0 Å². The highest BCUT2D eigenvalue weighted by atomic mass is 16.6. The highest BCUT2D eigenvalue weighted by Gasteiger charge is 2.26. The molecule has 1 fully saturated rings. The summed E-state index contributed by atoms with van der Waals surface area (Å²) in [5, 5.41) is 11.2. The van der Waals surface area contributed by atoms with Gasteiger partial charge in [0.25, 0.3) is 5.69 Å². The Kier molecular flexibility index (Phi) is 4.37. The first-order chi connectivity index (χ1) is 9.52. The summed E-state index contributed by atoms with van der Waals surface area (Å²) in [5.74, 6) is 0.743. The number of nitro groups is 1. The first kappa shape index (κ1) is 14.5. The summed E-state index contributed by atoms with van der Waals surface area (Å²) in [5.41, 5.74) is 0.946. The van der Waals surface area contributed by atoms with Gasteiger partial charge in [0.05, 0.1) is 4.92 Å². The van der Waals surface area contributed by atoms with Gasteiger partial charge < -0.3 is 4.90 Å². The largest absolute Gasteiger partial charge is 0.366 e. The lowest BCUT2D eigenvalue weighted by Gasteiger charge is -2.34. The second-order valence-electron chi connectivity index (χ2n) is 5.65. The van der Waals surface area contributed by atoms with E-state index in [1.54, 1.807) is 12.1 Å². The number of anilines is 1. The van der Waals surface area contributed by atoms with Gasteiger partial charge in [-0.2, -0.15) is 0 Å². The topological polar surface area (TPSA) is 63.5 Å². The fraction of sp³-hybridized carbons (Fsp3) is 0.533. The zero-order valence-electron chi connectivity index (χ0n) is 11.9. The van der Waals surface area contributed by atoms with Crippen LogP contribution >= 0.6 is 0 Å². The van der Waals surface area contributed by atoms with Crippen LogP contribution in [0.4, 0.5) is 11.4 Å². The van der Waals surface area contributed by atoms with Crippen LogP contribution < -0.4 is 4.90 Å². The molecule has 0 bridgehead atoms. The Bertz CT molecular complexity index is 508. The Morgan fingerprint density at radius 1 is 1.30 bits per heavy atom. The summed E-state index contributed by atoms with van der Waals surface area (Å²) >= 11 is 0. The van der Waals surface area contributed by atoms with Crippen molar-refractivity contribution < 1.29 is 9.72 Å². The average molecular weight is 276 g/mol. The quantitative estimate of drug-likeness (QED) is 0.480. The van der Waals surface area contributed by atoms with Crippen molar-refractivity contribution >= 4 is 17.7 Å². The molecule has 108 valence electrons. The molecule has 0 aliphatic heterocycles. The maximum Gasteiger partial charge on any atom is 0.293 e. The van der Waals surface area contributed by atoms with E-state index in [2.05, 4.69) is 6.92 Å². The third-order valence-electron chi connectivity index (χ3n) is 4.25. The Morgan fingerprint density at radius 3 is 2.50 bits per heavy atom. The minimum atomic E-state index is -0.412. The molecule has 0 spiro atoms. The number of carbonyl (C=O) groups is 1. The standard InChI is InChI=1S/C15H20N2O3/c1-11-3-6-13(7-4-11)16(2)14-8-5-12(10-18)9-15(14)17(19)20/h5,8-11,13H,3-4,6-7H2,1-2H3. The minimum Gasteiger partial charge on any atom is -0.366 e. The van der Waals surface area contributed by atoms with Crippen LogP contribution in [-0.2, 0) is 0 Å². The fourth-order valence-corrected chi connectivity index (χ4v) is 2.88. The van der Waals surface area contributed by atoms with Gasteiger partial charge in [-0.05, 0) is 43.7 Å². The molecular weight excluding hydrogens is 256 g/mol. The minimum absolute atomic E-state index is 0.00993. The second-order valence-corrected chi connectivity index (χ2v) is 5.65. The highest BCUT2D eigenvalue weighted by Crippen LogP contribution is 2.34. The fourth-order valence-electron chi connectivity index (χ4n) is 2.88. The molecular formula is C15H20N2O3. The van der Waals surface area contributed by atoms with E-state index >= 15 is 0 Å². The van der Waals surface area contributed by atoms with Gasteiger partial charge in [-0.25, -0.2) is 0 Å². The molecule has 0 atom stereocenters. The summed E-state index contributed by atoms with van der Waals surface area (Å²) in [6, 6.07) is 5.01. The van der Waals surface area contributed by atoms with Crippen molar-refractivity contribution in [3.8, 4) is 0 Å². The van der Waals surface area contributed by atoms with Crippen LogP contribution in [-0.4, -0.2) is 24.3 Å². The molecule has 1 saturated carbocycles. The monoisotopic (exact) mass is 276 g/mol. The molecule has 1 aliphatic rings. The molecule has 20 heavy (non-hydrogen) atoms. The number of carbonyl (C=O) groups excluding carboxylic acids is 1. The Labute approximate surface area is 118 Å². The summed E-state index contributed by atoms with van der Waals surface area (Å²) in [7, 11) is 1.91. The maximum absolute atomic E-state index is 11.2. The van der Waals surface area contributed by atoms with E-state index < -0.39 is 4.92 Å². The predicted octanol–water partition coefficient (Wildman–Crippen LogP) is 3.42. The van der Waals surface area contributed by atoms with E-state index in [0.29, 0.717) is 23.6 Å². The molecule has 1 aliphatic carbocycles. The normalized spacial score (nSPS) is 22.3. The van der Waals surface area contributed by atoms with Gasteiger partial charge in [0, 0.05) is 24.7 Å². The average Bonchev–Trinajstić information content (AvgIpc) is 2.46. The number of aldehydes is 1. The van der Waals surface area contributed by atoms with Crippen molar-refractivity contribution in [3.63, 3.8) is 0 Å². The van der Waals surface area contributed by atoms with Crippen molar-refractivity contribution in [1.29, 1.82) is 0 Å². The highest BCUT2D eigenvalue weighted by molar-refractivity contribution is 5.79. The number of rotatable bonds is 4.